The third-order valence-corrected chi connectivity index (χ3v) is 8.40. The number of ether oxygens (including phenoxy) is 1. The zero-order valence-corrected chi connectivity index (χ0v) is 19.1. The Hall–Kier alpha value is -2.38. The smallest absolute Gasteiger partial charge is 0.298 e. The zero-order chi connectivity index (χ0) is 22.3. The maximum atomic E-state index is 13.1. The second kappa shape index (κ2) is 8.19. The quantitative estimate of drug-likeness (QED) is 0.648. The molecule has 0 atom stereocenters. The standard InChI is InChI=1S/C24H35N5O3/c1-2-15-29-18-19(27-22(28-20(18)31)32-16-5-3-4-6-16)26-21(29)24-12-9-23(10-13-24,11-14-24)8-7-17(25)30/h16H,2-15H2,1H3,(H2,25,30)(H,27,28,31). The fourth-order valence-corrected chi connectivity index (χ4v) is 6.45. The van der Waals surface area contributed by atoms with Crippen molar-refractivity contribution in [3.63, 3.8) is 0 Å². The molecule has 8 heteroatoms. The average Bonchev–Trinajstić information content (AvgIpc) is 3.43. The van der Waals surface area contributed by atoms with Crippen molar-refractivity contribution in [1.29, 1.82) is 0 Å². The van der Waals surface area contributed by atoms with Crippen LogP contribution in [-0.2, 0) is 16.8 Å². The summed E-state index contributed by atoms with van der Waals surface area (Å²) in [5, 5.41) is 0. The molecule has 2 heterocycles. The van der Waals surface area contributed by atoms with Crippen molar-refractivity contribution in [2.75, 3.05) is 0 Å². The van der Waals surface area contributed by atoms with E-state index in [1.165, 1.54) is 0 Å². The molecule has 0 radical (unpaired) electrons. The number of aromatic amines is 1. The number of carbonyl (C=O) groups is 1. The summed E-state index contributed by atoms with van der Waals surface area (Å²) in [5.74, 6) is 0.820. The van der Waals surface area contributed by atoms with E-state index < -0.39 is 0 Å². The molecule has 0 aromatic carbocycles. The first-order chi connectivity index (χ1) is 15.4. The van der Waals surface area contributed by atoms with Crippen LogP contribution >= 0.6 is 0 Å². The fourth-order valence-electron chi connectivity index (χ4n) is 6.45. The van der Waals surface area contributed by atoms with Crippen molar-refractivity contribution in [2.45, 2.75) is 108 Å². The van der Waals surface area contributed by atoms with Crippen molar-refractivity contribution >= 4 is 17.1 Å². The molecule has 1 amide bonds. The van der Waals surface area contributed by atoms with Gasteiger partial charge in [0, 0.05) is 18.4 Å². The predicted molar refractivity (Wildman–Crippen MR) is 122 cm³/mol. The molecule has 2 aromatic rings. The van der Waals surface area contributed by atoms with Gasteiger partial charge in [-0.15, -0.1) is 0 Å². The van der Waals surface area contributed by atoms with E-state index >= 15 is 0 Å². The van der Waals surface area contributed by atoms with Crippen molar-refractivity contribution in [3.8, 4) is 6.01 Å². The molecule has 174 valence electrons. The molecule has 0 spiro atoms. The van der Waals surface area contributed by atoms with Crippen molar-refractivity contribution in [1.82, 2.24) is 19.5 Å². The second-order valence-corrected chi connectivity index (χ2v) is 10.4. The van der Waals surface area contributed by atoms with Gasteiger partial charge in [-0.1, -0.05) is 6.92 Å². The number of primary amides is 1. The van der Waals surface area contributed by atoms with Crippen LogP contribution in [0.1, 0.15) is 96.2 Å². The third-order valence-electron chi connectivity index (χ3n) is 8.40. The molecular formula is C24H35N5O3. The van der Waals surface area contributed by atoms with Crippen LogP contribution in [0.2, 0.25) is 0 Å². The Bertz CT molecular complexity index is 1040. The predicted octanol–water partition coefficient (Wildman–Crippen LogP) is 3.71. The topological polar surface area (TPSA) is 116 Å². The van der Waals surface area contributed by atoms with Gasteiger partial charge < -0.3 is 15.0 Å². The molecule has 0 saturated heterocycles. The Labute approximate surface area is 188 Å². The van der Waals surface area contributed by atoms with Gasteiger partial charge in [-0.2, -0.15) is 4.98 Å². The van der Waals surface area contributed by atoms with Crippen LogP contribution in [0.4, 0.5) is 0 Å². The van der Waals surface area contributed by atoms with Crippen LogP contribution in [0.15, 0.2) is 4.79 Å². The number of aromatic nitrogens is 4. The lowest BCUT2D eigenvalue weighted by Gasteiger charge is -2.53. The highest BCUT2D eigenvalue weighted by molar-refractivity contribution is 5.73. The summed E-state index contributed by atoms with van der Waals surface area (Å²) in [6.07, 6.45) is 13.2. The van der Waals surface area contributed by atoms with E-state index in [-0.39, 0.29) is 28.4 Å². The van der Waals surface area contributed by atoms with Crippen LogP contribution in [-0.4, -0.2) is 31.5 Å². The van der Waals surface area contributed by atoms with Gasteiger partial charge in [-0.3, -0.25) is 14.6 Å². The molecule has 4 saturated carbocycles. The van der Waals surface area contributed by atoms with E-state index in [4.69, 9.17) is 15.5 Å². The maximum absolute atomic E-state index is 13.1. The minimum atomic E-state index is -0.201. The molecule has 4 aliphatic carbocycles. The number of amides is 1. The highest BCUT2D eigenvalue weighted by Crippen LogP contribution is 2.59. The van der Waals surface area contributed by atoms with Crippen molar-refractivity contribution < 1.29 is 9.53 Å². The Morgan fingerprint density at radius 3 is 2.47 bits per heavy atom. The number of hydrogen-bond donors (Lipinski definition) is 2. The van der Waals surface area contributed by atoms with E-state index in [1.807, 2.05) is 0 Å². The second-order valence-electron chi connectivity index (χ2n) is 10.4. The molecule has 8 nitrogen and oxygen atoms in total. The van der Waals surface area contributed by atoms with Crippen LogP contribution in [0, 0.1) is 5.41 Å². The number of aryl methyl sites for hydroxylation is 1. The number of nitrogens with one attached hydrogen (secondary N) is 1. The van der Waals surface area contributed by atoms with Gasteiger partial charge in [-0.05, 0) is 82.5 Å². The molecule has 32 heavy (non-hydrogen) atoms. The van der Waals surface area contributed by atoms with Gasteiger partial charge in [0.15, 0.2) is 11.2 Å². The zero-order valence-electron chi connectivity index (χ0n) is 19.1. The first kappa shape index (κ1) is 21.5. The average molecular weight is 442 g/mol. The lowest BCUT2D eigenvalue weighted by Crippen LogP contribution is -2.46. The summed E-state index contributed by atoms with van der Waals surface area (Å²) < 4.78 is 8.11. The number of fused-ring (bicyclic) bond motifs is 4. The molecule has 4 fully saturated rings. The normalized spacial score (nSPS) is 27.9. The van der Waals surface area contributed by atoms with Gasteiger partial charge >= 0.3 is 0 Å². The number of rotatable bonds is 8. The van der Waals surface area contributed by atoms with Crippen LogP contribution in [0.5, 0.6) is 6.01 Å². The summed E-state index contributed by atoms with van der Waals surface area (Å²) in [7, 11) is 0. The third kappa shape index (κ3) is 3.71. The van der Waals surface area contributed by atoms with E-state index in [0.717, 1.165) is 89.4 Å². The Morgan fingerprint density at radius 1 is 1.16 bits per heavy atom. The molecule has 3 N–H and O–H groups in total. The first-order valence-corrected chi connectivity index (χ1v) is 12.4. The lowest BCUT2D eigenvalue weighted by atomic mass is 9.52. The number of nitrogens with two attached hydrogens (primary N) is 1. The maximum Gasteiger partial charge on any atom is 0.298 e. The number of imidazole rings is 1. The number of nitrogens with zero attached hydrogens (tertiary/aromatic N) is 3. The summed E-state index contributed by atoms with van der Waals surface area (Å²) in [6, 6.07) is 0.303. The number of carbonyl (C=O) groups excluding carboxylic acids is 1. The number of H-pyrrole nitrogens is 1. The molecule has 4 aliphatic rings. The van der Waals surface area contributed by atoms with Gasteiger partial charge in [0.05, 0.1) is 0 Å². The van der Waals surface area contributed by atoms with Crippen LogP contribution in [0.25, 0.3) is 11.2 Å². The van der Waals surface area contributed by atoms with Crippen molar-refractivity contribution in [2.24, 2.45) is 11.1 Å². The Balaban J connectivity index is 1.47. The van der Waals surface area contributed by atoms with Gasteiger partial charge in [-0.25, -0.2) is 4.98 Å². The summed E-state index contributed by atoms with van der Waals surface area (Å²) in [5.41, 5.74) is 6.59. The molecule has 6 rings (SSSR count). The summed E-state index contributed by atoms with van der Waals surface area (Å²) in [4.78, 5) is 36.9. The molecule has 0 unspecified atom stereocenters. The van der Waals surface area contributed by atoms with E-state index in [2.05, 4.69) is 21.5 Å². The summed E-state index contributed by atoms with van der Waals surface area (Å²) >= 11 is 0. The summed E-state index contributed by atoms with van der Waals surface area (Å²) in [6.45, 7) is 2.89. The van der Waals surface area contributed by atoms with E-state index in [9.17, 15) is 9.59 Å². The molecule has 2 aromatic heterocycles. The first-order valence-electron chi connectivity index (χ1n) is 12.4. The van der Waals surface area contributed by atoms with E-state index in [0.29, 0.717) is 23.6 Å². The monoisotopic (exact) mass is 441 g/mol. The SMILES string of the molecule is CCCn1c(C23CCC(CCC(N)=O)(CC2)CC3)nc2nc(OC3CCCC3)[nH]c(=O)c21. The fraction of sp³-hybridized carbons (Fsp3) is 0.750. The highest BCUT2D eigenvalue weighted by atomic mass is 16.5. The molecule has 0 aliphatic heterocycles. The van der Waals surface area contributed by atoms with Crippen molar-refractivity contribution in [3.05, 3.63) is 16.2 Å². The Morgan fingerprint density at radius 2 is 1.84 bits per heavy atom. The van der Waals surface area contributed by atoms with E-state index in [1.54, 1.807) is 0 Å². The van der Waals surface area contributed by atoms with Crippen LogP contribution in [0.3, 0.4) is 0 Å². The van der Waals surface area contributed by atoms with Crippen LogP contribution < -0.4 is 16.0 Å². The number of hydrogen-bond acceptors (Lipinski definition) is 5. The molecular weight excluding hydrogens is 406 g/mol. The van der Waals surface area contributed by atoms with Gasteiger partial charge in [0.1, 0.15) is 11.9 Å². The van der Waals surface area contributed by atoms with Gasteiger partial charge in [0.2, 0.25) is 5.91 Å². The minimum Gasteiger partial charge on any atom is -0.461 e. The Kier molecular flexibility index (Phi) is 5.50. The molecule has 2 bridgehead atoms. The largest absolute Gasteiger partial charge is 0.461 e. The van der Waals surface area contributed by atoms with Gasteiger partial charge in [0.25, 0.3) is 11.6 Å². The minimum absolute atomic E-state index is 0.0107. The lowest BCUT2D eigenvalue weighted by molar-refractivity contribution is -0.119. The highest BCUT2D eigenvalue weighted by Gasteiger charge is 2.51.